The van der Waals surface area contributed by atoms with Gasteiger partial charge in [-0.3, -0.25) is 9.59 Å². The lowest BCUT2D eigenvalue weighted by molar-refractivity contribution is -0.141. The van der Waals surface area contributed by atoms with E-state index in [9.17, 15) is 24.3 Å². The maximum absolute atomic E-state index is 12.6. The molecule has 4 aromatic rings. The molecule has 0 unspecified atom stereocenters. The molecule has 1 atom stereocenters. The average molecular weight is 476 g/mol. The van der Waals surface area contributed by atoms with Gasteiger partial charge in [0, 0.05) is 16.8 Å². The van der Waals surface area contributed by atoms with Gasteiger partial charge in [-0.05, 0) is 43.5 Å². The van der Waals surface area contributed by atoms with Crippen LogP contribution in [0.5, 0.6) is 0 Å². The standard InChI is InChI=1S/C26H24N2O7/c1-13-15(3)34-20-11-21-18(9-17(13)20)14(2)19(26(33)35-21)10-22(29)27-12-23(30)28-24(25(31)32)16-7-5-4-6-8-16/h4-9,11,24H,10,12H2,1-3H3,(H,27,29)(H,28,30)(H,31,32)/t24-/m1/s1. The molecule has 4 rings (SSSR count). The number of carboxylic acid groups (broad SMARTS) is 1. The van der Waals surface area contributed by atoms with Gasteiger partial charge in [0.15, 0.2) is 6.04 Å². The van der Waals surface area contributed by atoms with Crippen LogP contribution in [0.25, 0.3) is 21.9 Å². The van der Waals surface area contributed by atoms with Crippen molar-refractivity contribution in [1.29, 1.82) is 0 Å². The molecule has 3 N–H and O–H groups in total. The van der Waals surface area contributed by atoms with Crippen molar-refractivity contribution in [2.24, 2.45) is 0 Å². The number of hydrogen-bond acceptors (Lipinski definition) is 6. The topological polar surface area (TPSA) is 139 Å². The van der Waals surface area contributed by atoms with E-state index in [-0.39, 0.29) is 12.0 Å². The van der Waals surface area contributed by atoms with E-state index in [4.69, 9.17) is 8.83 Å². The van der Waals surface area contributed by atoms with E-state index in [0.29, 0.717) is 27.7 Å². The zero-order valence-electron chi connectivity index (χ0n) is 19.4. The Hall–Kier alpha value is -4.40. The van der Waals surface area contributed by atoms with Crippen LogP contribution in [0.3, 0.4) is 0 Å². The van der Waals surface area contributed by atoms with Crippen LogP contribution in [-0.4, -0.2) is 29.4 Å². The summed E-state index contributed by atoms with van der Waals surface area (Å²) in [6, 6.07) is 10.5. The fraction of sp³-hybridized carbons (Fsp3) is 0.231. The number of carbonyl (C=O) groups is 3. The first-order chi connectivity index (χ1) is 16.7. The number of carbonyl (C=O) groups excluding carboxylic acids is 2. The van der Waals surface area contributed by atoms with Crippen molar-refractivity contribution in [3.63, 3.8) is 0 Å². The number of hydrogen-bond donors (Lipinski definition) is 3. The first kappa shape index (κ1) is 23.7. The van der Waals surface area contributed by atoms with Gasteiger partial charge in [0.2, 0.25) is 11.8 Å². The van der Waals surface area contributed by atoms with E-state index in [1.807, 2.05) is 19.9 Å². The molecule has 0 aliphatic heterocycles. The third-order valence-corrected chi connectivity index (χ3v) is 6.05. The SMILES string of the molecule is Cc1oc2cc3oc(=O)c(CC(=O)NCC(=O)N[C@@H](C(=O)O)c4ccccc4)c(C)c3cc2c1C. The third kappa shape index (κ3) is 4.79. The van der Waals surface area contributed by atoms with E-state index in [2.05, 4.69) is 10.6 Å². The minimum atomic E-state index is -1.25. The van der Waals surface area contributed by atoms with E-state index in [1.165, 1.54) is 0 Å². The Morgan fingerprint density at radius 1 is 0.914 bits per heavy atom. The van der Waals surface area contributed by atoms with Crippen LogP contribution in [0.4, 0.5) is 0 Å². The highest BCUT2D eigenvalue weighted by atomic mass is 16.4. The summed E-state index contributed by atoms with van der Waals surface area (Å²) in [5.74, 6) is -1.70. The molecule has 0 bridgehead atoms. The molecule has 2 heterocycles. The number of nitrogens with one attached hydrogen (secondary N) is 2. The minimum Gasteiger partial charge on any atom is -0.479 e. The quantitative estimate of drug-likeness (QED) is 0.348. The van der Waals surface area contributed by atoms with Gasteiger partial charge in [0.1, 0.15) is 16.9 Å². The maximum atomic E-state index is 12.6. The number of aryl methyl sites for hydroxylation is 3. The van der Waals surface area contributed by atoms with Crippen molar-refractivity contribution in [1.82, 2.24) is 10.6 Å². The summed E-state index contributed by atoms with van der Waals surface area (Å²) in [6.45, 7) is 5.09. The highest BCUT2D eigenvalue weighted by Gasteiger charge is 2.22. The van der Waals surface area contributed by atoms with Gasteiger partial charge in [0.25, 0.3) is 0 Å². The molecule has 0 spiro atoms. The summed E-state index contributed by atoms with van der Waals surface area (Å²) in [5, 5.41) is 15.8. The summed E-state index contributed by atoms with van der Waals surface area (Å²) >= 11 is 0. The first-order valence-corrected chi connectivity index (χ1v) is 11.0. The van der Waals surface area contributed by atoms with Gasteiger partial charge in [-0.1, -0.05) is 30.3 Å². The van der Waals surface area contributed by atoms with E-state index in [0.717, 1.165) is 16.7 Å². The normalized spacial score (nSPS) is 12.0. The van der Waals surface area contributed by atoms with E-state index in [1.54, 1.807) is 43.3 Å². The Kier molecular flexibility index (Phi) is 6.42. The number of benzene rings is 2. The molecule has 0 saturated carbocycles. The lowest BCUT2D eigenvalue weighted by Crippen LogP contribution is -2.41. The Balaban J connectivity index is 1.48. The zero-order chi connectivity index (χ0) is 25.3. The van der Waals surface area contributed by atoms with Crippen molar-refractivity contribution in [3.05, 3.63) is 80.9 Å². The number of furan rings is 1. The molecule has 35 heavy (non-hydrogen) atoms. The van der Waals surface area contributed by atoms with Gasteiger partial charge < -0.3 is 24.6 Å². The Morgan fingerprint density at radius 2 is 1.57 bits per heavy atom. The second kappa shape index (κ2) is 9.46. The lowest BCUT2D eigenvalue weighted by atomic mass is 10.0. The smallest absolute Gasteiger partial charge is 0.340 e. The predicted molar refractivity (Wildman–Crippen MR) is 128 cm³/mol. The number of aliphatic carboxylic acids is 1. The molecular formula is C26H24N2O7. The van der Waals surface area contributed by atoms with Crippen molar-refractivity contribution >= 4 is 39.7 Å². The van der Waals surface area contributed by atoms with Gasteiger partial charge in [-0.25, -0.2) is 9.59 Å². The van der Waals surface area contributed by atoms with Crippen molar-refractivity contribution in [2.45, 2.75) is 33.2 Å². The highest BCUT2D eigenvalue weighted by Crippen LogP contribution is 2.31. The molecule has 0 radical (unpaired) electrons. The minimum absolute atomic E-state index is 0.181. The van der Waals surface area contributed by atoms with E-state index < -0.39 is 36.0 Å². The van der Waals surface area contributed by atoms with Crippen LogP contribution >= 0.6 is 0 Å². The van der Waals surface area contributed by atoms with Crippen LogP contribution in [0.2, 0.25) is 0 Å². The van der Waals surface area contributed by atoms with Crippen LogP contribution in [-0.2, 0) is 20.8 Å². The van der Waals surface area contributed by atoms with Crippen LogP contribution < -0.4 is 16.3 Å². The molecule has 0 fully saturated rings. The highest BCUT2D eigenvalue weighted by molar-refractivity contribution is 5.97. The van der Waals surface area contributed by atoms with Crippen molar-refractivity contribution in [3.8, 4) is 0 Å². The largest absolute Gasteiger partial charge is 0.479 e. The molecular weight excluding hydrogens is 452 g/mol. The van der Waals surface area contributed by atoms with Crippen molar-refractivity contribution in [2.75, 3.05) is 6.54 Å². The summed E-state index contributed by atoms with van der Waals surface area (Å²) < 4.78 is 11.2. The summed E-state index contributed by atoms with van der Waals surface area (Å²) in [7, 11) is 0. The second-order valence-corrected chi connectivity index (χ2v) is 8.32. The fourth-order valence-corrected chi connectivity index (χ4v) is 3.98. The van der Waals surface area contributed by atoms with Gasteiger partial charge in [0.05, 0.1) is 18.5 Å². The maximum Gasteiger partial charge on any atom is 0.340 e. The molecule has 9 nitrogen and oxygen atoms in total. The lowest BCUT2D eigenvalue weighted by Gasteiger charge is -2.15. The Bertz CT molecular complexity index is 1520. The van der Waals surface area contributed by atoms with Crippen molar-refractivity contribution < 1.29 is 28.3 Å². The predicted octanol–water partition coefficient (Wildman–Crippen LogP) is 3.07. The summed E-state index contributed by atoms with van der Waals surface area (Å²) in [5.41, 5.74) is 2.49. The number of amides is 2. The Labute approximate surface area is 199 Å². The number of fused-ring (bicyclic) bond motifs is 2. The van der Waals surface area contributed by atoms with E-state index >= 15 is 0 Å². The first-order valence-electron chi connectivity index (χ1n) is 11.0. The monoisotopic (exact) mass is 476 g/mol. The van der Waals surface area contributed by atoms with Gasteiger partial charge in [-0.2, -0.15) is 0 Å². The average Bonchev–Trinajstić information content (AvgIpc) is 3.10. The second-order valence-electron chi connectivity index (χ2n) is 8.32. The molecule has 0 saturated heterocycles. The molecule has 2 amide bonds. The summed E-state index contributed by atoms with van der Waals surface area (Å²) in [4.78, 5) is 48.9. The zero-order valence-corrected chi connectivity index (χ0v) is 19.4. The fourth-order valence-electron chi connectivity index (χ4n) is 3.98. The third-order valence-electron chi connectivity index (χ3n) is 6.05. The van der Waals surface area contributed by atoms with Crippen LogP contribution in [0.15, 0.2) is 56.1 Å². The molecule has 2 aromatic carbocycles. The van der Waals surface area contributed by atoms with Crippen LogP contribution in [0.1, 0.15) is 34.1 Å². The van der Waals surface area contributed by atoms with Crippen LogP contribution in [0, 0.1) is 20.8 Å². The molecule has 9 heteroatoms. The molecule has 0 aliphatic rings. The molecule has 2 aromatic heterocycles. The number of rotatable bonds is 7. The molecule has 180 valence electrons. The van der Waals surface area contributed by atoms with Gasteiger partial charge in [-0.15, -0.1) is 0 Å². The summed E-state index contributed by atoms with van der Waals surface area (Å²) in [6.07, 6.45) is -0.292. The van der Waals surface area contributed by atoms with Gasteiger partial charge >= 0.3 is 11.6 Å². The molecule has 0 aliphatic carbocycles. The Morgan fingerprint density at radius 3 is 2.26 bits per heavy atom. The number of carboxylic acids is 1.